The number of hydrogen-bond donors (Lipinski definition) is 0. The van der Waals surface area contributed by atoms with Crippen molar-refractivity contribution in [2.45, 2.75) is 12.8 Å². The summed E-state index contributed by atoms with van der Waals surface area (Å²) in [6.07, 6.45) is 0.664. The van der Waals surface area contributed by atoms with Crippen molar-refractivity contribution in [3.8, 4) is 0 Å². The van der Waals surface area contributed by atoms with Gasteiger partial charge in [0, 0.05) is 5.41 Å². The van der Waals surface area contributed by atoms with Crippen molar-refractivity contribution in [2.24, 2.45) is 5.41 Å². The molecule has 2 aliphatic heterocycles. The van der Waals surface area contributed by atoms with Gasteiger partial charge in [0.25, 0.3) is 0 Å². The Bertz CT molecular complexity index is 198. The summed E-state index contributed by atoms with van der Waals surface area (Å²) in [6, 6.07) is 0. The minimum absolute atomic E-state index is 0.202. The summed E-state index contributed by atoms with van der Waals surface area (Å²) in [5.74, 6) is -0.825. The molecular weight excluding hydrogens is 148 g/mol. The monoisotopic (exact) mass is 156 g/mol. The van der Waals surface area contributed by atoms with Gasteiger partial charge in [-0.3, -0.25) is 9.59 Å². The number of rotatable bonds is 0. The summed E-state index contributed by atoms with van der Waals surface area (Å²) in [5.41, 5.74) is -0.202. The molecule has 2 fully saturated rings. The predicted molar refractivity (Wildman–Crippen MR) is 33.6 cm³/mol. The van der Waals surface area contributed by atoms with Crippen LogP contribution in [-0.2, 0) is 19.1 Å². The third kappa shape index (κ3) is 1.03. The zero-order valence-electron chi connectivity index (χ0n) is 5.96. The molecule has 60 valence electrons. The Morgan fingerprint density at radius 2 is 1.64 bits per heavy atom. The molecule has 11 heavy (non-hydrogen) atoms. The number of carbonyl (C=O) groups excluding carboxylic acids is 2. The van der Waals surface area contributed by atoms with Crippen LogP contribution in [0.2, 0.25) is 0 Å². The molecule has 0 amide bonds. The van der Waals surface area contributed by atoms with Gasteiger partial charge in [-0.15, -0.1) is 0 Å². The Labute approximate surface area is 63.5 Å². The maximum absolute atomic E-state index is 10.8. The van der Waals surface area contributed by atoms with Crippen LogP contribution in [0.4, 0.5) is 0 Å². The van der Waals surface area contributed by atoms with Gasteiger partial charge in [-0.05, 0) is 0 Å². The van der Waals surface area contributed by atoms with Crippen molar-refractivity contribution in [2.75, 3.05) is 13.2 Å². The second kappa shape index (κ2) is 2.04. The van der Waals surface area contributed by atoms with E-state index in [0.29, 0.717) is 26.1 Å². The maximum Gasteiger partial charge on any atom is 0.314 e. The van der Waals surface area contributed by atoms with Crippen LogP contribution in [0.15, 0.2) is 0 Å². The third-order valence-corrected chi connectivity index (χ3v) is 2.08. The number of cyclic esters (lactones) is 2. The molecule has 2 rings (SSSR count). The van der Waals surface area contributed by atoms with Gasteiger partial charge in [0.2, 0.25) is 0 Å². The smallest absolute Gasteiger partial charge is 0.314 e. The minimum Gasteiger partial charge on any atom is -0.393 e. The Morgan fingerprint density at radius 3 is 2.00 bits per heavy atom. The van der Waals surface area contributed by atoms with E-state index in [1.165, 1.54) is 0 Å². The summed E-state index contributed by atoms with van der Waals surface area (Å²) in [6.45, 7) is 1.04. The second-order valence-corrected chi connectivity index (χ2v) is 3.19. The van der Waals surface area contributed by atoms with Crippen LogP contribution in [0.1, 0.15) is 12.8 Å². The minimum atomic E-state index is -0.412. The molecule has 0 aromatic heterocycles. The van der Waals surface area contributed by atoms with Crippen molar-refractivity contribution in [3.05, 3.63) is 0 Å². The van der Waals surface area contributed by atoms with E-state index in [-0.39, 0.29) is 5.41 Å². The Morgan fingerprint density at radius 1 is 1.09 bits per heavy atom. The summed E-state index contributed by atoms with van der Waals surface area (Å²) in [7, 11) is 0. The number of hydrogen-bond acceptors (Lipinski definition) is 4. The van der Waals surface area contributed by atoms with E-state index in [1.54, 1.807) is 0 Å². The van der Waals surface area contributed by atoms with Crippen molar-refractivity contribution in [3.63, 3.8) is 0 Å². The highest BCUT2D eigenvalue weighted by Gasteiger charge is 2.46. The van der Waals surface area contributed by atoms with Crippen molar-refractivity contribution < 1.29 is 19.1 Å². The zero-order chi connectivity index (χ0) is 7.90. The first-order valence-corrected chi connectivity index (χ1v) is 3.52. The van der Waals surface area contributed by atoms with E-state index in [2.05, 4.69) is 4.74 Å². The highest BCUT2D eigenvalue weighted by Crippen LogP contribution is 2.38. The van der Waals surface area contributed by atoms with E-state index in [4.69, 9.17) is 4.74 Å². The van der Waals surface area contributed by atoms with Gasteiger partial charge in [0.15, 0.2) is 0 Å². The molecule has 0 radical (unpaired) electrons. The van der Waals surface area contributed by atoms with Gasteiger partial charge < -0.3 is 9.47 Å². The lowest BCUT2D eigenvalue weighted by Gasteiger charge is -2.41. The van der Waals surface area contributed by atoms with Crippen molar-refractivity contribution in [1.82, 2.24) is 0 Å². The molecular formula is C7H8O4. The summed E-state index contributed by atoms with van der Waals surface area (Å²) >= 11 is 0. The number of esters is 2. The fourth-order valence-corrected chi connectivity index (χ4v) is 1.47. The number of carbonyl (C=O) groups is 2. The van der Waals surface area contributed by atoms with E-state index in [1.807, 2.05) is 0 Å². The first-order valence-electron chi connectivity index (χ1n) is 3.52. The van der Waals surface area contributed by atoms with E-state index >= 15 is 0 Å². The SMILES string of the molecule is O=C1CC2(COC2)CC(=O)O1. The average Bonchev–Trinajstić information content (AvgIpc) is 1.82. The van der Waals surface area contributed by atoms with Crippen LogP contribution in [0.25, 0.3) is 0 Å². The fraction of sp³-hybridized carbons (Fsp3) is 0.714. The van der Waals surface area contributed by atoms with Gasteiger partial charge >= 0.3 is 11.9 Å². The molecule has 4 heteroatoms. The van der Waals surface area contributed by atoms with Crippen molar-refractivity contribution >= 4 is 11.9 Å². The molecule has 2 saturated heterocycles. The number of ether oxygens (including phenoxy) is 2. The normalized spacial score (nSPS) is 28.0. The largest absolute Gasteiger partial charge is 0.393 e. The van der Waals surface area contributed by atoms with Gasteiger partial charge in [-0.25, -0.2) is 0 Å². The van der Waals surface area contributed by atoms with Crippen LogP contribution in [0, 0.1) is 5.41 Å². The highest BCUT2D eigenvalue weighted by atomic mass is 16.6. The van der Waals surface area contributed by atoms with Crippen LogP contribution in [0.3, 0.4) is 0 Å². The standard InChI is InChI=1S/C7H8O4/c8-5-1-7(3-10-4-7)2-6(9)11-5/h1-4H2. The summed E-state index contributed by atoms with van der Waals surface area (Å²) in [4.78, 5) is 21.6. The Balaban J connectivity index is 2.12. The van der Waals surface area contributed by atoms with E-state index in [0.717, 1.165) is 0 Å². The lowest BCUT2D eigenvalue weighted by molar-refractivity contribution is -0.190. The molecule has 2 aliphatic rings. The van der Waals surface area contributed by atoms with Crippen LogP contribution >= 0.6 is 0 Å². The van der Waals surface area contributed by atoms with Gasteiger partial charge in [-0.2, -0.15) is 0 Å². The maximum atomic E-state index is 10.8. The zero-order valence-corrected chi connectivity index (χ0v) is 5.96. The Kier molecular flexibility index (Phi) is 1.26. The molecule has 4 nitrogen and oxygen atoms in total. The van der Waals surface area contributed by atoms with Gasteiger partial charge in [0.05, 0.1) is 26.1 Å². The molecule has 0 aromatic carbocycles. The molecule has 0 unspecified atom stereocenters. The lowest BCUT2D eigenvalue weighted by atomic mass is 9.78. The van der Waals surface area contributed by atoms with Crippen LogP contribution in [-0.4, -0.2) is 25.2 Å². The van der Waals surface area contributed by atoms with Gasteiger partial charge in [-0.1, -0.05) is 0 Å². The highest BCUT2D eigenvalue weighted by molar-refractivity contribution is 5.89. The molecule has 0 bridgehead atoms. The average molecular weight is 156 g/mol. The molecule has 0 N–H and O–H groups in total. The molecule has 0 atom stereocenters. The fourth-order valence-electron chi connectivity index (χ4n) is 1.47. The molecule has 0 aliphatic carbocycles. The third-order valence-electron chi connectivity index (χ3n) is 2.08. The first-order chi connectivity index (χ1) is 5.20. The van der Waals surface area contributed by atoms with E-state index in [9.17, 15) is 9.59 Å². The molecule has 0 aromatic rings. The summed E-state index contributed by atoms with van der Waals surface area (Å²) < 4.78 is 9.34. The predicted octanol–water partition coefficient (Wildman–Crippen LogP) is -0.133. The second-order valence-electron chi connectivity index (χ2n) is 3.19. The van der Waals surface area contributed by atoms with E-state index < -0.39 is 11.9 Å². The molecule has 0 saturated carbocycles. The first kappa shape index (κ1) is 6.79. The quantitative estimate of drug-likeness (QED) is 0.362. The van der Waals surface area contributed by atoms with Crippen molar-refractivity contribution in [1.29, 1.82) is 0 Å². The van der Waals surface area contributed by atoms with Gasteiger partial charge in [0.1, 0.15) is 0 Å². The molecule has 1 spiro atoms. The Hall–Kier alpha value is -0.900. The van der Waals surface area contributed by atoms with Crippen LogP contribution in [0.5, 0.6) is 0 Å². The topological polar surface area (TPSA) is 52.6 Å². The lowest BCUT2D eigenvalue weighted by Crippen LogP contribution is -2.49. The van der Waals surface area contributed by atoms with Crippen LogP contribution < -0.4 is 0 Å². The summed E-state index contributed by atoms with van der Waals surface area (Å²) in [5, 5.41) is 0. The molecule has 2 heterocycles.